The zero-order valence-corrected chi connectivity index (χ0v) is 15.9. The van der Waals surface area contributed by atoms with E-state index >= 15 is 0 Å². The molecule has 0 aliphatic heterocycles. The van der Waals surface area contributed by atoms with Gasteiger partial charge < -0.3 is 20.1 Å². The largest absolute Gasteiger partial charge is 0.493 e. The summed E-state index contributed by atoms with van der Waals surface area (Å²) >= 11 is 0. The molecule has 0 atom stereocenters. The third-order valence-corrected chi connectivity index (χ3v) is 4.18. The first-order chi connectivity index (χ1) is 13.7. The molecule has 0 aliphatic carbocycles. The fourth-order valence-corrected chi connectivity index (χ4v) is 2.75. The Kier molecular flexibility index (Phi) is 6.46. The molecule has 0 aliphatic rings. The number of carbonyl (C=O) groups excluding carboxylic acids is 1. The van der Waals surface area contributed by atoms with Crippen LogP contribution in [0.4, 0.5) is 11.4 Å². The highest BCUT2D eigenvalue weighted by Gasteiger charge is 2.09. The van der Waals surface area contributed by atoms with Gasteiger partial charge in [0.15, 0.2) is 11.5 Å². The van der Waals surface area contributed by atoms with Crippen molar-refractivity contribution in [1.29, 1.82) is 0 Å². The van der Waals surface area contributed by atoms with Crippen molar-refractivity contribution in [3.63, 3.8) is 0 Å². The molecule has 0 radical (unpaired) electrons. The smallest absolute Gasteiger partial charge is 0.228 e. The van der Waals surface area contributed by atoms with Crippen LogP contribution in [0.3, 0.4) is 0 Å². The molecule has 1 heterocycles. The SMILES string of the molecule is COc1ccc(CC(=O)Nc2ccc(NCc3ccccn3)cc2)cc1OC. The average Bonchev–Trinajstić information content (AvgIpc) is 2.74. The van der Waals surface area contributed by atoms with Gasteiger partial charge in [-0.15, -0.1) is 0 Å². The van der Waals surface area contributed by atoms with E-state index in [9.17, 15) is 4.79 Å². The highest BCUT2D eigenvalue weighted by molar-refractivity contribution is 5.92. The second-order valence-electron chi connectivity index (χ2n) is 6.17. The van der Waals surface area contributed by atoms with E-state index in [0.717, 1.165) is 22.6 Å². The molecule has 0 unspecified atom stereocenters. The summed E-state index contributed by atoms with van der Waals surface area (Å²) in [5, 5.41) is 6.21. The van der Waals surface area contributed by atoms with E-state index in [4.69, 9.17) is 9.47 Å². The van der Waals surface area contributed by atoms with Gasteiger partial charge in [-0.25, -0.2) is 0 Å². The molecule has 3 aromatic rings. The van der Waals surface area contributed by atoms with Gasteiger partial charge in [-0.3, -0.25) is 9.78 Å². The zero-order valence-electron chi connectivity index (χ0n) is 15.9. The van der Waals surface area contributed by atoms with Crippen LogP contribution in [0.15, 0.2) is 66.9 Å². The average molecular weight is 377 g/mol. The molecule has 1 amide bonds. The lowest BCUT2D eigenvalue weighted by Gasteiger charge is -2.10. The molecule has 0 fully saturated rings. The van der Waals surface area contributed by atoms with Crippen molar-refractivity contribution in [2.75, 3.05) is 24.9 Å². The molecule has 0 saturated heterocycles. The van der Waals surface area contributed by atoms with Crippen molar-refractivity contribution in [1.82, 2.24) is 4.98 Å². The molecular weight excluding hydrogens is 354 g/mol. The lowest BCUT2D eigenvalue weighted by Crippen LogP contribution is -2.14. The molecule has 144 valence electrons. The van der Waals surface area contributed by atoms with E-state index in [2.05, 4.69) is 15.6 Å². The number of ether oxygens (including phenoxy) is 2. The Balaban J connectivity index is 1.54. The fraction of sp³-hybridized carbons (Fsp3) is 0.182. The van der Waals surface area contributed by atoms with Gasteiger partial charge in [-0.1, -0.05) is 12.1 Å². The molecular formula is C22H23N3O3. The van der Waals surface area contributed by atoms with Gasteiger partial charge in [0.1, 0.15) is 0 Å². The summed E-state index contributed by atoms with van der Waals surface area (Å²) in [6.45, 7) is 0.645. The Bertz CT molecular complexity index is 912. The number of rotatable bonds is 8. The molecule has 6 nitrogen and oxygen atoms in total. The van der Waals surface area contributed by atoms with Crippen molar-refractivity contribution >= 4 is 17.3 Å². The van der Waals surface area contributed by atoms with Crippen molar-refractivity contribution in [3.05, 3.63) is 78.1 Å². The van der Waals surface area contributed by atoms with E-state index in [1.807, 2.05) is 54.6 Å². The van der Waals surface area contributed by atoms with E-state index in [1.165, 1.54) is 0 Å². The molecule has 2 N–H and O–H groups in total. The van der Waals surface area contributed by atoms with Crippen LogP contribution in [0.25, 0.3) is 0 Å². The Morgan fingerprint density at radius 3 is 2.36 bits per heavy atom. The number of benzene rings is 2. The quantitative estimate of drug-likeness (QED) is 0.623. The lowest BCUT2D eigenvalue weighted by atomic mass is 10.1. The second-order valence-corrected chi connectivity index (χ2v) is 6.17. The fourth-order valence-electron chi connectivity index (χ4n) is 2.75. The molecule has 1 aromatic heterocycles. The maximum Gasteiger partial charge on any atom is 0.228 e. The molecule has 3 rings (SSSR count). The summed E-state index contributed by atoms with van der Waals surface area (Å²) in [6.07, 6.45) is 2.02. The number of nitrogens with zero attached hydrogens (tertiary/aromatic N) is 1. The van der Waals surface area contributed by atoms with Crippen LogP contribution in [0.2, 0.25) is 0 Å². The molecule has 0 bridgehead atoms. The minimum absolute atomic E-state index is 0.0959. The monoisotopic (exact) mass is 377 g/mol. The van der Waals surface area contributed by atoms with Crippen LogP contribution in [-0.4, -0.2) is 25.1 Å². The normalized spacial score (nSPS) is 10.2. The van der Waals surface area contributed by atoms with E-state index in [-0.39, 0.29) is 12.3 Å². The zero-order chi connectivity index (χ0) is 19.8. The third-order valence-electron chi connectivity index (χ3n) is 4.18. The van der Waals surface area contributed by atoms with Gasteiger partial charge in [-0.05, 0) is 54.1 Å². The Morgan fingerprint density at radius 2 is 1.68 bits per heavy atom. The summed E-state index contributed by atoms with van der Waals surface area (Å²) in [5.41, 5.74) is 3.52. The van der Waals surface area contributed by atoms with Gasteiger partial charge in [0.25, 0.3) is 0 Å². The number of hydrogen-bond acceptors (Lipinski definition) is 5. The topological polar surface area (TPSA) is 72.5 Å². The minimum atomic E-state index is -0.0959. The Hall–Kier alpha value is -3.54. The molecule has 6 heteroatoms. The predicted octanol–water partition coefficient (Wildman–Crippen LogP) is 3.89. The van der Waals surface area contributed by atoms with E-state index < -0.39 is 0 Å². The van der Waals surface area contributed by atoms with Crippen LogP contribution in [0.1, 0.15) is 11.3 Å². The van der Waals surface area contributed by atoms with Crippen LogP contribution < -0.4 is 20.1 Å². The summed E-state index contributed by atoms with van der Waals surface area (Å²) in [7, 11) is 3.16. The van der Waals surface area contributed by atoms with Crippen molar-refractivity contribution < 1.29 is 14.3 Å². The number of nitrogens with one attached hydrogen (secondary N) is 2. The predicted molar refractivity (Wildman–Crippen MR) is 110 cm³/mol. The van der Waals surface area contributed by atoms with Crippen molar-refractivity contribution in [2.45, 2.75) is 13.0 Å². The number of amides is 1. The molecule has 28 heavy (non-hydrogen) atoms. The number of aromatic nitrogens is 1. The summed E-state index contributed by atoms with van der Waals surface area (Å²) in [6, 6.07) is 18.9. The number of anilines is 2. The minimum Gasteiger partial charge on any atom is -0.493 e. The maximum absolute atomic E-state index is 12.3. The Labute approximate surface area is 164 Å². The van der Waals surface area contributed by atoms with Crippen molar-refractivity contribution in [3.8, 4) is 11.5 Å². The summed E-state index contributed by atoms with van der Waals surface area (Å²) < 4.78 is 10.5. The second kappa shape index (κ2) is 9.41. The van der Waals surface area contributed by atoms with Gasteiger partial charge in [-0.2, -0.15) is 0 Å². The number of carbonyl (C=O) groups is 1. The van der Waals surface area contributed by atoms with Crippen LogP contribution in [0.5, 0.6) is 11.5 Å². The summed E-state index contributed by atoms with van der Waals surface area (Å²) in [4.78, 5) is 16.6. The van der Waals surface area contributed by atoms with Gasteiger partial charge >= 0.3 is 0 Å². The first kappa shape index (κ1) is 19.2. The van der Waals surface area contributed by atoms with Crippen LogP contribution in [0, 0.1) is 0 Å². The number of hydrogen-bond donors (Lipinski definition) is 2. The maximum atomic E-state index is 12.3. The van der Waals surface area contributed by atoms with Gasteiger partial charge in [0.05, 0.1) is 32.9 Å². The van der Waals surface area contributed by atoms with Crippen LogP contribution >= 0.6 is 0 Å². The van der Waals surface area contributed by atoms with Crippen molar-refractivity contribution in [2.24, 2.45) is 0 Å². The highest BCUT2D eigenvalue weighted by Crippen LogP contribution is 2.27. The summed E-state index contributed by atoms with van der Waals surface area (Å²) in [5.74, 6) is 1.15. The Morgan fingerprint density at radius 1 is 0.929 bits per heavy atom. The number of pyridine rings is 1. The van der Waals surface area contributed by atoms with Gasteiger partial charge in [0, 0.05) is 17.6 Å². The lowest BCUT2D eigenvalue weighted by molar-refractivity contribution is -0.115. The van der Waals surface area contributed by atoms with Gasteiger partial charge in [0.2, 0.25) is 5.91 Å². The molecule has 0 spiro atoms. The van der Waals surface area contributed by atoms with E-state index in [0.29, 0.717) is 18.0 Å². The van der Waals surface area contributed by atoms with Crippen LogP contribution in [-0.2, 0) is 17.8 Å². The first-order valence-electron chi connectivity index (χ1n) is 8.92. The highest BCUT2D eigenvalue weighted by atomic mass is 16.5. The number of methoxy groups -OCH3 is 2. The first-order valence-corrected chi connectivity index (χ1v) is 8.92. The van der Waals surface area contributed by atoms with E-state index in [1.54, 1.807) is 26.5 Å². The third kappa shape index (κ3) is 5.23. The molecule has 2 aromatic carbocycles. The molecule has 0 saturated carbocycles. The standard InChI is InChI=1S/C22H23N3O3/c1-27-20-11-6-16(13-21(20)28-2)14-22(26)25-18-9-7-17(8-10-18)24-15-19-5-3-4-12-23-19/h3-13,24H,14-15H2,1-2H3,(H,25,26).